The van der Waals surface area contributed by atoms with Crippen LogP contribution < -0.4 is 0 Å². The molecule has 5 aliphatic carbocycles. The van der Waals surface area contributed by atoms with Crippen LogP contribution in [-0.2, 0) is 5.60 Å². The summed E-state index contributed by atoms with van der Waals surface area (Å²) in [5.41, 5.74) is -0.0935. The monoisotopic (exact) mass is 274 g/mol. The van der Waals surface area contributed by atoms with Crippen molar-refractivity contribution in [2.24, 2.45) is 47.3 Å². The lowest BCUT2D eigenvalue weighted by Gasteiger charge is -2.54. The molecule has 104 valence electrons. The van der Waals surface area contributed by atoms with Crippen LogP contribution in [0.1, 0.15) is 12.0 Å². The topological polar surface area (TPSA) is 20.2 Å². The molecule has 1 aromatic carbocycles. The van der Waals surface area contributed by atoms with Gasteiger partial charge in [0.15, 0.2) is 0 Å². The summed E-state index contributed by atoms with van der Waals surface area (Å²) >= 11 is 0. The van der Waals surface area contributed by atoms with Crippen molar-refractivity contribution in [2.75, 3.05) is 0 Å². The minimum atomic E-state index is -2.52. The van der Waals surface area contributed by atoms with Gasteiger partial charge in [0, 0.05) is 23.7 Å². The number of benzene rings is 1. The third-order valence-corrected chi connectivity index (χ3v) is 7.64. The van der Waals surface area contributed by atoms with E-state index < -0.39 is 23.4 Å². The summed E-state index contributed by atoms with van der Waals surface area (Å²) in [5, 5.41) is 11.4. The van der Waals surface area contributed by atoms with Gasteiger partial charge < -0.3 is 5.11 Å². The van der Waals surface area contributed by atoms with Gasteiger partial charge >= 0.3 is 0 Å². The normalized spacial score (nSPS) is 62.1. The molecule has 0 aliphatic heterocycles. The minimum absolute atomic E-state index is 0.191. The second-order valence-electron chi connectivity index (χ2n) is 7.69. The van der Waals surface area contributed by atoms with E-state index in [-0.39, 0.29) is 23.7 Å². The number of hydrogen-bond acceptors (Lipinski definition) is 1. The summed E-state index contributed by atoms with van der Waals surface area (Å²) in [5.74, 6) is -2.85. The van der Waals surface area contributed by atoms with E-state index in [0.717, 1.165) is 12.0 Å². The molecule has 0 heterocycles. The molecule has 9 atom stereocenters. The van der Waals surface area contributed by atoms with Crippen molar-refractivity contribution < 1.29 is 13.9 Å². The molecule has 1 aromatic rings. The van der Waals surface area contributed by atoms with Crippen LogP contribution >= 0.6 is 0 Å². The van der Waals surface area contributed by atoms with Gasteiger partial charge in [-0.3, -0.25) is 0 Å². The molecule has 1 N–H and O–H groups in total. The van der Waals surface area contributed by atoms with E-state index in [1.54, 1.807) is 0 Å². The first kappa shape index (κ1) is 10.7. The lowest BCUT2D eigenvalue weighted by Crippen LogP contribution is -2.59. The largest absolute Gasteiger partial charge is 0.385 e. The van der Waals surface area contributed by atoms with Crippen LogP contribution in [0.25, 0.3) is 0 Å². The predicted molar refractivity (Wildman–Crippen MR) is 67.8 cm³/mol. The predicted octanol–water partition coefficient (Wildman–Crippen LogP) is 2.90. The van der Waals surface area contributed by atoms with E-state index in [1.807, 2.05) is 30.3 Å². The number of halogens is 2. The second kappa shape index (κ2) is 2.70. The molecule has 6 rings (SSSR count). The molecule has 20 heavy (non-hydrogen) atoms. The van der Waals surface area contributed by atoms with Crippen molar-refractivity contribution in [3.05, 3.63) is 35.9 Å². The Morgan fingerprint density at radius 1 is 0.900 bits per heavy atom. The van der Waals surface area contributed by atoms with E-state index >= 15 is 0 Å². The zero-order valence-electron chi connectivity index (χ0n) is 10.9. The van der Waals surface area contributed by atoms with Crippen molar-refractivity contribution in [2.45, 2.75) is 17.9 Å². The molecule has 1 nitrogen and oxygen atoms in total. The highest BCUT2D eigenvalue weighted by Gasteiger charge is 2.92. The van der Waals surface area contributed by atoms with E-state index in [9.17, 15) is 13.9 Å². The Morgan fingerprint density at radius 3 is 2.30 bits per heavy atom. The Hall–Kier alpha value is -0.960. The van der Waals surface area contributed by atoms with Crippen molar-refractivity contribution in [1.29, 1.82) is 0 Å². The maximum Gasteiger partial charge on any atom is 0.255 e. The summed E-state index contributed by atoms with van der Waals surface area (Å²) in [4.78, 5) is 0. The standard InChI is InChI=1S/C17H16F2O/c18-17(19)13-9-6-8-10-11(9)15(17)14(10)16(20,12(8)13)7-4-2-1-3-5-7/h1-5,8-15,20H,6H2/t8-,9+,10-,11+,12-,13+,14+,15-,16-/m0/s1. The summed E-state index contributed by atoms with van der Waals surface area (Å²) in [6.07, 6.45) is 0.947. The van der Waals surface area contributed by atoms with Crippen LogP contribution in [0.3, 0.4) is 0 Å². The first-order chi connectivity index (χ1) is 9.58. The molecule has 0 amide bonds. The fraction of sp³-hybridized carbons (Fsp3) is 0.647. The number of fused-ring (bicyclic) bond motifs is 2. The first-order valence-corrected chi connectivity index (χ1v) is 7.73. The molecule has 2 bridgehead atoms. The molecule has 0 unspecified atom stereocenters. The van der Waals surface area contributed by atoms with Gasteiger partial charge in [-0.15, -0.1) is 0 Å². The minimum Gasteiger partial charge on any atom is -0.385 e. The molecule has 5 aliphatic rings. The van der Waals surface area contributed by atoms with Crippen molar-refractivity contribution >= 4 is 0 Å². The number of hydrogen-bond donors (Lipinski definition) is 1. The lowest BCUT2D eigenvalue weighted by atomic mass is 9.54. The van der Waals surface area contributed by atoms with Crippen LogP contribution in [-0.4, -0.2) is 11.0 Å². The molecule has 0 radical (unpaired) electrons. The third-order valence-electron chi connectivity index (χ3n) is 7.64. The van der Waals surface area contributed by atoms with E-state index in [4.69, 9.17) is 0 Å². The van der Waals surface area contributed by atoms with Gasteiger partial charge in [-0.2, -0.15) is 0 Å². The van der Waals surface area contributed by atoms with Gasteiger partial charge in [-0.25, -0.2) is 8.78 Å². The van der Waals surface area contributed by atoms with Crippen LogP contribution in [0.5, 0.6) is 0 Å². The molecule has 5 fully saturated rings. The SMILES string of the molecule is O[C@]1(c2ccccc2)[C@@H]2[C@H]3[C@@H]4C[C@@H]5[C@H]3[C@@H]2C(F)(F)[C@H]5[C@H]41. The molecule has 0 spiro atoms. The van der Waals surface area contributed by atoms with Crippen LogP contribution in [0.2, 0.25) is 0 Å². The zero-order valence-corrected chi connectivity index (χ0v) is 10.9. The Balaban J connectivity index is 1.62. The summed E-state index contributed by atoms with van der Waals surface area (Å²) < 4.78 is 29.3. The van der Waals surface area contributed by atoms with Crippen molar-refractivity contribution in [1.82, 2.24) is 0 Å². The van der Waals surface area contributed by atoms with E-state index in [2.05, 4.69) is 0 Å². The zero-order chi connectivity index (χ0) is 13.4. The summed E-state index contributed by atoms with van der Waals surface area (Å²) in [6.45, 7) is 0. The van der Waals surface area contributed by atoms with Gasteiger partial charge in [-0.05, 0) is 35.7 Å². The molecular weight excluding hydrogens is 258 g/mol. The maximum absolute atomic E-state index is 14.6. The van der Waals surface area contributed by atoms with E-state index in [1.165, 1.54) is 0 Å². The third kappa shape index (κ3) is 0.739. The fourth-order valence-electron chi connectivity index (χ4n) is 7.57. The second-order valence-corrected chi connectivity index (χ2v) is 7.69. The number of rotatable bonds is 1. The van der Waals surface area contributed by atoms with Gasteiger partial charge in [0.2, 0.25) is 0 Å². The number of alkyl halides is 2. The average Bonchev–Trinajstić information content (AvgIpc) is 2.91. The summed E-state index contributed by atoms with van der Waals surface area (Å²) in [7, 11) is 0. The Morgan fingerprint density at radius 2 is 1.55 bits per heavy atom. The molecule has 0 saturated heterocycles. The van der Waals surface area contributed by atoms with Crippen LogP contribution in [0, 0.1) is 47.3 Å². The van der Waals surface area contributed by atoms with Crippen molar-refractivity contribution in [3.8, 4) is 0 Å². The summed E-state index contributed by atoms with van der Waals surface area (Å²) in [6, 6.07) is 9.62. The van der Waals surface area contributed by atoms with Gasteiger partial charge in [0.1, 0.15) is 0 Å². The number of aliphatic hydroxyl groups is 1. The van der Waals surface area contributed by atoms with Crippen LogP contribution in [0.4, 0.5) is 8.78 Å². The first-order valence-electron chi connectivity index (χ1n) is 7.73. The highest BCUT2D eigenvalue weighted by molar-refractivity contribution is 5.41. The lowest BCUT2D eigenvalue weighted by molar-refractivity contribution is -0.238. The molecular formula is C17H16F2O. The smallest absolute Gasteiger partial charge is 0.255 e. The quantitative estimate of drug-likeness (QED) is 0.835. The van der Waals surface area contributed by atoms with Crippen molar-refractivity contribution in [3.63, 3.8) is 0 Å². The Kier molecular flexibility index (Phi) is 1.45. The Labute approximate surface area is 116 Å². The molecule has 0 aromatic heterocycles. The maximum atomic E-state index is 14.6. The Bertz CT molecular complexity index is 629. The van der Waals surface area contributed by atoms with Crippen LogP contribution in [0.15, 0.2) is 30.3 Å². The highest BCUT2D eigenvalue weighted by atomic mass is 19.3. The molecule has 5 saturated carbocycles. The van der Waals surface area contributed by atoms with Gasteiger partial charge in [0.05, 0.1) is 5.60 Å². The average molecular weight is 274 g/mol. The fourth-order valence-corrected chi connectivity index (χ4v) is 7.57. The highest BCUT2D eigenvalue weighted by Crippen LogP contribution is 2.89. The van der Waals surface area contributed by atoms with Gasteiger partial charge in [0.25, 0.3) is 5.92 Å². The molecule has 3 heteroatoms. The van der Waals surface area contributed by atoms with Gasteiger partial charge in [-0.1, -0.05) is 30.3 Å². The van der Waals surface area contributed by atoms with E-state index in [0.29, 0.717) is 11.8 Å².